The SMILES string of the molecule is CC(C)(C)OC(=O)NC1(C(=O)Nc2ccc(-c3ccccc3S(C)(=O)=O)cc2)CCCC1. The number of nitrogens with one attached hydrogen (secondary N) is 2. The molecule has 2 aromatic carbocycles. The largest absolute Gasteiger partial charge is 0.444 e. The summed E-state index contributed by atoms with van der Waals surface area (Å²) in [7, 11) is -3.38. The minimum absolute atomic E-state index is 0.253. The van der Waals surface area contributed by atoms with Crippen molar-refractivity contribution in [3.05, 3.63) is 48.5 Å². The molecule has 0 spiro atoms. The van der Waals surface area contributed by atoms with Crippen molar-refractivity contribution >= 4 is 27.5 Å². The van der Waals surface area contributed by atoms with Crippen LogP contribution < -0.4 is 10.6 Å². The number of sulfone groups is 1. The van der Waals surface area contributed by atoms with E-state index >= 15 is 0 Å². The van der Waals surface area contributed by atoms with E-state index in [9.17, 15) is 18.0 Å². The van der Waals surface area contributed by atoms with Crippen molar-refractivity contribution in [3.63, 3.8) is 0 Å². The molecule has 2 aromatic rings. The summed E-state index contributed by atoms with van der Waals surface area (Å²) in [4.78, 5) is 25.7. The van der Waals surface area contributed by atoms with E-state index in [1.54, 1.807) is 69.3 Å². The third-order valence-corrected chi connectivity index (χ3v) is 6.53. The van der Waals surface area contributed by atoms with Crippen molar-refractivity contribution in [3.8, 4) is 11.1 Å². The molecule has 0 saturated heterocycles. The fourth-order valence-electron chi connectivity index (χ4n) is 3.90. The van der Waals surface area contributed by atoms with Gasteiger partial charge in [0.2, 0.25) is 5.91 Å². The highest BCUT2D eigenvalue weighted by Crippen LogP contribution is 2.32. The Labute approximate surface area is 189 Å². The van der Waals surface area contributed by atoms with Gasteiger partial charge in [-0.2, -0.15) is 0 Å². The standard InChI is InChI=1S/C24H30N2O5S/c1-23(2,3)31-22(28)26-24(15-7-8-16-24)21(27)25-18-13-11-17(12-14-18)19-9-5-6-10-20(19)32(4,29)30/h5-6,9-14H,7-8,15-16H2,1-4H3,(H,25,27)(H,26,28). The van der Waals surface area contributed by atoms with Crippen molar-refractivity contribution < 1.29 is 22.7 Å². The van der Waals surface area contributed by atoms with Crippen LogP contribution in [0, 0.1) is 0 Å². The van der Waals surface area contributed by atoms with Gasteiger partial charge in [0.1, 0.15) is 11.1 Å². The third-order valence-electron chi connectivity index (χ3n) is 5.37. The van der Waals surface area contributed by atoms with Gasteiger partial charge in [-0.15, -0.1) is 0 Å². The molecule has 2 amide bonds. The van der Waals surface area contributed by atoms with E-state index < -0.39 is 27.1 Å². The molecular weight excluding hydrogens is 428 g/mol. The highest BCUT2D eigenvalue weighted by atomic mass is 32.2. The number of amides is 2. The van der Waals surface area contributed by atoms with Crippen LogP contribution in [0.15, 0.2) is 53.4 Å². The van der Waals surface area contributed by atoms with Crippen LogP contribution in [0.4, 0.5) is 10.5 Å². The number of carbonyl (C=O) groups is 2. The Kier molecular flexibility index (Phi) is 6.64. The maximum atomic E-state index is 13.1. The molecule has 1 aliphatic rings. The van der Waals surface area contributed by atoms with Gasteiger partial charge in [0.25, 0.3) is 0 Å². The summed E-state index contributed by atoms with van der Waals surface area (Å²) in [5, 5.41) is 5.68. The van der Waals surface area contributed by atoms with Gasteiger partial charge in [-0.3, -0.25) is 4.79 Å². The minimum atomic E-state index is -3.38. The average Bonchev–Trinajstić information content (AvgIpc) is 3.16. The Morgan fingerprint density at radius 3 is 2.12 bits per heavy atom. The lowest BCUT2D eigenvalue weighted by Crippen LogP contribution is -2.55. The van der Waals surface area contributed by atoms with Crippen molar-refractivity contribution in [2.75, 3.05) is 11.6 Å². The zero-order valence-electron chi connectivity index (χ0n) is 18.9. The average molecular weight is 459 g/mol. The van der Waals surface area contributed by atoms with Crippen LogP contribution in [-0.2, 0) is 19.4 Å². The molecule has 32 heavy (non-hydrogen) atoms. The number of anilines is 1. The summed E-state index contributed by atoms with van der Waals surface area (Å²) in [5.41, 5.74) is 0.230. The molecule has 0 unspecified atom stereocenters. The highest BCUT2D eigenvalue weighted by Gasteiger charge is 2.43. The molecule has 1 aliphatic carbocycles. The van der Waals surface area contributed by atoms with Gasteiger partial charge in [0, 0.05) is 17.5 Å². The number of rotatable bonds is 5. The lowest BCUT2D eigenvalue weighted by Gasteiger charge is -2.30. The lowest BCUT2D eigenvalue weighted by molar-refractivity contribution is -0.122. The number of alkyl carbamates (subject to hydrolysis) is 1. The van der Waals surface area contributed by atoms with Crippen molar-refractivity contribution in [1.82, 2.24) is 5.32 Å². The molecule has 1 fully saturated rings. The summed E-state index contributed by atoms with van der Waals surface area (Å²) < 4.78 is 29.5. The van der Waals surface area contributed by atoms with E-state index in [-0.39, 0.29) is 10.8 Å². The van der Waals surface area contributed by atoms with E-state index in [2.05, 4.69) is 10.6 Å². The summed E-state index contributed by atoms with van der Waals surface area (Å²) >= 11 is 0. The molecule has 3 rings (SSSR count). The van der Waals surface area contributed by atoms with E-state index in [0.29, 0.717) is 24.1 Å². The van der Waals surface area contributed by atoms with Gasteiger partial charge in [-0.1, -0.05) is 43.2 Å². The first-order valence-electron chi connectivity index (χ1n) is 10.6. The van der Waals surface area contributed by atoms with Crippen LogP contribution in [0.3, 0.4) is 0 Å². The van der Waals surface area contributed by atoms with Gasteiger partial charge in [0.15, 0.2) is 9.84 Å². The molecule has 0 heterocycles. The van der Waals surface area contributed by atoms with Crippen LogP contribution in [0.5, 0.6) is 0 Å². The first kappa shape index (κ1) is 23.8. The van der Waals surface area contributed by atoms with Crippen LogP contribution in [0.2, 0.25) is 0 Å². The van der Waals surface area contributed by atoms with Crippen molar-refractivity contribution in [2.24, 2.45) is 0 Å². The second-order valence-electron chi connectivity index (χ2n) is 9.22. The number of hydrogen-bond acceptors (Lipinski definition) is 5. The first-order valence-corrected chi connectivity index (χ1v) is 12.5. The molecule has 0 aliphatic heterocycles. The van der Waals surface area contributed by atoms with E-state index in [4.69, 9.17) is 4.74 Å². The fourth-order valence-corrected chi connectivity index (χ4v) is 4.81. The molecule has 1 saturated carbocycles. The normalized spacial score (nSPS) is 15.8. The maximum absolute atomic E-state index is 13.1. The molecule has 0 aromatic heterocycles. The minimum Gasteiger partial charge on any atom is -0.444 e. The first-order chi connectivity index (χ1) is 14.9. The summed E-state index contributed by atoms with van der Waals surface area (Å²) in [6.07, 6.45) is 3.33. The Morgan fingerprint density at radius 2 is 1.56 bits per heavy atom. The number of benzene rings is 2. The third kappa shape index (κ3) is 5.68. The Balaban J connectivity index is 1.77. The molecule has 2 N–H and O–H groups in total. The zero-order chi connectivity index (χ0) is 23.6. The second kappa shape index (κ2) is 8.94. The maximum Gasteiger partial charge on any atom is 0.408 e. The fraction of sp³-hybridized carbons (Fsp3) is 0.417. The van der Waals surface area contributed by atoms with Gasteiger partial charge in [-0.25, -0.2) is 13.2 Å². The zero-order valence-corrected chi connectivity index (χ0v) is 19.7. The van der Waals surface area contributed by atoms with Gasteiger partial charge < -0.3 is 15.4 Å². The van der Waals surface area contributed by atoms with Crippen LogP contribution in [-0.4, -0.2) is 37.8 Å². The van der Waals surface area contributed by atoms with Crippen LogP contribution >= 0.6 is 0 Å². The van der Waals surface area contributed by atoms with E-state index in [0.717, 1.165) is 18.4 Å². The smallest absolute Gasteiger partial charge is 0.408 e. The van der Waals surface area contributed by atoms with Crippen LogP contribution in [0.1, 0.15) is 46.5 Å². The highest BCUT2D eigenvalue weighted by molar-refractivity contribution is 7.90. The molecule has 8 heteroatoms. The van der Waals surface area contributed by atoms with Crippen LogP contribution in [0.25, 0.3) is 11.1 Å². The van der Waals surface area contributed by atoms with Crippen molar-refractivity contribution in [1.29, 1.82) is 0 Å². The Bertz CT molecular complexity index is 1100. The van der Waals surface area contributed by atoms with Gasteiger partial charge >= 0.3 is 6.09 Å². The van der Waals surface area contributed by atoms with Gasteiger partial charge in [-0.05, 0) is 57.4 Å². The molecule has 0 atom stereocenters. The predicted molar refractivity (Wildman–Crippen MR) is 124 cm³/mol. The number of ether oxygens (including phenoxy) is 1. The molecule has 172 valence electrons. The summed E-state index contributed by atoms with van der Waals surface area (Å²) in [6.45, 7) is 5.33. The molecule has 0 radical (unpaired) electrons. The van der Waals surface area contributed by atoms with E-state index in [1.165, 1.54) is 6.26 Å². The monoisotopic (exact) mass is 458 g/mol. The summed E-state index contributed by atoms with van der Waals surface area (Å²) in [6, 6.07) is 13.8. The van der Waals surface area contributed by atoms with Gasteiger partial charge in [0.05, 0.1) is 4.90 Å². The quantitative estimate of drug-likeness (QED) is 0.685. The lowest BCUT2D eigenvalue weighted by atomic mass is 9.96. The second-order valence-corrected chi connectivity index (χ2v) is 11.2. The Hall–Kier alpha value is -2.87. The topological polar surface area (TPSA) is 102 Å². The Morgan fingerprint density at radius 1 is 0.969 bits per heavy atom. The predicted octanol–water partition coefficient (Wildman–Crippen LogP) is 4.53. The molecular formula is C24H30N2O5S. The number of hydrogen-bond donors (Lipinski definition) is 2. The number of carbonyl (C=O) groups excluding carboxylic acids is 2. The summed E-state index contributed by atoms with van der Waals surface area (Å²) in [5.74, 6) is -0.287. The van der Waals surface area contributed by atoms with E-state index in [1.807, 2.05) is 0 Å². The molecule has 7 nitrogen and oxygen atoms in total. The van der Waals surface area contributed by atoms with Crippen molar-refractivity contribution in [2.45, 2.75) is 62.5 Å². The molecule has 0 bridgehead atoms.